The Morgan fingerprint density at radius 2 is 1.92 bits per heavy atom. The number of aromatic hydroxyl groups is 1. The molecule has 0 spiro atoms. The molecule has 0 heterocycles. The van der Waals surface area contributed by atoms with Crippen LogP contribution in [0.1, 0.15) is 108 Å². The molecule has 0 saturated heterocycles. The fraction of sp³-hybridized carbons (Fsp3) is 0.688. The number of aliphatic imine (C=N–C) groups is 1. The van der Waals surface area contributed by atoms with Gasteiger partial charge in [0.15, 0.2) is 23.2 Å². The van der Waals surface area contributed by atoms with Gasteiger partial charge in [-0.3, -0.25) is 9.79 Å². The Morgan fingerprint density at radius 3 is 2.56 bits per heavy atom. The molecule has 2 atom stereocenters. The van der Waals surface area contributed by atoms with E-state index in [0.717, 1.165) is 75.3 Å². The first kappa shape index (κ1) is 32.7. The number of hydrogen-bond donors (Lipinski definition) is 3. The summed E-state index contributed by atoms with van der Waals surface area (Å²) in [4.78, 5) is 16.7. The highest BCUT2D eigenvalue weighted by Gasteiger charge is 2.29. The lowest BCUT2D eigenvalue weighted by Gasteiger charge is -2.30. The van der Waals surface area contributed by atoms with Crippen LogP contribution in [-0.2, 0) is 16.0 Å². The first-order chi connectivity index (χ1) is 18.7. The van der Waals surface area contributed by atoms with Crippen molar-refractivity contribution in [2.45, 2.75) is 110 Å². The summed E-state index contributed by atoms with van der Waals surface area (Å²) in [5.74, 6) is 1.81. The van der Waals surface area contributed by atoms with Crippen molar-refractivity contribution in [1.29, 1.82) is 0 Å². The Hall–Kier alpha value is -2.54. The minimum atomic E-state index is 0.0811. The third-order valence-corrected chi connectivity index (χ3v) is 7.61. The van der Waals surface area contributed by atoms with E-state index in [1.54, 1.807) is 13.2 Å². The minimum Gasteiger partial charge on any atom is -0.504 e. The number of nitrogens with two attached hydrogens (primary N) is 2. The Bertz CT molecular complexity index is 918. The fourth-order valence-electron chi connectivity index (χ4n) is 5.46. The van der Waals surface area contributed by atoms with Gasteiger partial charge in [-0.15, -0.1) is 0 Å². The largest absolute Gasteiger partial charge is 0.504 e. The van der Waals surface area contributed by atoms with Gasteiger partial charge in [0.25, 0.3) is 0 Å². The summed E-state index contributed by atoms with van der Waals surface area (Å²) >= 11 is 0. The highest BCUT2D eigenvalue weighted by atomic mass is 16.5. The standard InChI is InChI=1S/C32H53N3O4/c1-5-6-7-12-26(36)17-16-24-20-29(31(37)30(21-24)39-27-13-8-9-14-27)28(18-15-23(2)3)25(22-38-4)11-10-19-35-32(33)34/h7,12,20-21,23,25,27-28,37H,5-6,8-11,13-19,22H2,1-4H3,(H4,33,34,35). The number of phenolic OH excluding ortho intramolecular Hbond substituents is 1. The number of benzene rings is 1. The molecule has 7 heteroatoms. The second-order valence-electron chi connectivity index (χ2n) is 11.5. The van der Waals surface area contributed by atoms with Crippen LogP contribution in [0.15, 0.2) is 29.3 Å². The molecule has 39 heavy (non-hydrogen) atoms. The van der Waals surface area contributed by atoms with E-state index in [1.165, 1.54) is 0 Å². The van der Waals surface area contributed by atoms with Crippen LogP contribution in [0, 0.1) is 11.8 Å². The number of guanidine groups is 1. The normalized spacial score (nSPS) is 15.6. The summed E-state index contributed by atoms with van der Waals surface area (Å²) in [6.07, 6.45) is 14.7. The molecule has 0 aliphatic heterocycles. The average molecular weight is 544 g/mol. The zero-order valence-electron chi connectivity index (χ0n) is 24.8. The summed E-state index contributed by atoms with van der Waals surface area (Å²) in [5.41, 5.74) is 13.0. The lowest BCUT2D eigenvalue weighted by molar-refractivity contribution is -0.114. The third kappa shape index (κ3) is 12.0. The van der Waals surface area contributed by atoms with Crippen LogP contribution in [0.3, 0.4) is 0 Å². The molecule has 0 aromatic heterocycles. The molecule has 0 amide bonds. The number of hydrogen-bond acceptors (Lipinski definition) is 5. The number of unbranched alkanes of at least 4 members (excludes halogenated alkanes) is 1. The summed E-state index contributed by atoms with van der Waals surface area (Å²) in [6, 6.07) is 4.05. The summed E-state index contributed by atoms with van der Waals surface area (Å²) in [7, 11) is 1.73. The van der Waals surface area contributed by atoms with E-state index in [1.807, 2.05) is 12.1 Å². The average Bonchev–Trinajstić information content (AvgIpc) is 3.40. The highest BCUT2D eigenvalue weighted by Crippen LogP contribution is 2.44. The molecule has 1 saturated carbocycles. The number of allylic oxidation sites excluding steroid dienone is 2. The topological polar surface area (TPSA) is 120 Å². The van der Waals surface area contributed by atoms with Crippen molar-refractivity contribution in [2.75, 3.05) is 20.3 Å². The predicted octanol–water partition coefficient (Wildman–Crippen LogP) is 6.41. The Morgan fingerprint density at radius 1 is 1.18 bits per heavy atom. The van der Waals surface area contributed by atoms with Gasteiger partial charge in [-0.1, -0.05) is 45.8 Å². The molecule has 0 bridgehead atoms. The summed E-state index contributed by atoms with van der Waals surface area (Å²) in [6.45, 7) is 7.70. The van der Waals surface area contributed by atoms with Crippen LogP contribution in [0.2, 0.25) is 0 Å². The molecule has 1 fully saturated rings. The van der Waals surface area contributed by atoms with Crippen molar-refractivity contribution in [2.24, 2.45) is 28.3 Å². The van der Waals surface area contributed by atoms with Gasteiger partial charge < -0.3 is 26.0 Å². The molecule has 1 aromatic carbocycles. The molecular weight excluding hydrogens is 490 g/mol. The number of rotatable bonds is 19. The molecule has 7 nitrogen and oxygen atoms in total. The van der Waals surface area contributed by atoms with Crippen LogP contribution >= 0.6 is 0 Å². The maximum absolute atomic E-state index is 12.5. The lowest BCUT2D eigenvalue weighted by Crippen LogP contribution is -2.23. The van der Waals surface area contributed by atoms with Gasteiger partial charge in [0, 0.05) is 32.2 Å². The number of carbonyl (C=O) groups is 1. The molecular formula is C32H53N3O4. The van der Waals surface area contributed by atoms with Gasteiger partial charge in [0.05, 0.1) is 6.10 Å². The second kappa shape index (κ2) is 17.9. The van der Waals surface area contributed by atoms with E-state index in [2.05, 4.69) is 31.8 Å². The van der Waals surface area contributed by atoms with E-state index in [9.17, 15) is 9.90 Å². The number of carbonyl (C=O) groups excluding carboxylic acids is 1. The molecule has 0 radical (unpaired) electrons. The Labute approximate surface area is 236 Å². The quantitative estimate of drug-likeness (QED) is 0.0803. The fourth-order valence-corrected chi connectivity index (χ4v) is 5.46. The molecule has 1 aromatic rings. The van der Waals surface area contributed by atoms with Gasteiger partial charge >= 0.3 is 0 Å². The smallest absolute Gasteiger partial charge is 0.185 e. The number of methoxy groups -OCH3 is 1. The summed E-state index contributed by atoms with van der Waals surface area (Å²) in [5, 5.41) is 11.6. The summed E-state index contributed by atoms with van der Waals surface area (Å²) < 4.78 is 12.1. The van der Waals surface area contributed by atoms with E-state index >= 15 is 0 Å². The number of ether oxygens (including phenoxy) is 2. The van der Waals surface area contributed by atoms with Crippen molar-refractivity contribution in [3.05, 3.63) is 35.4 Å². The monoisotopic (exact) mass is 543 g/mol. The van der Waals surface area contributed by atoms with Gasteiger partial charge in [-0.05, 0) is 93.2 Å². The predicted molar refractivity (Wildman–Crippen MR) is 160 cm³/mol. The first-order valence-electron chi connectivity index (χ1n) is 15.0. The molecule has 220 valence electrons. The minimum absolute atomic E-state index is 0.0811. The van der Waals surface area contributed by atoms with E-state index < -0.39 is 0 Å². The van der Waals surface area contributed by atoms with Crippen LogP contribution in [0.4, 0.5) is 0 Å². The SMILES string of the molecule is CCCC=CC(=O)CCc1cc(OC2CCCC2)c(O)c(C(CCC(C)C)C(CCCN=C(N)N)COC)c1. The van der Waals surface area contributed by atoms with Crippen molar-refractivity contribution >= 4 is 11.7 Å². The zero-order valence-corrected chi connectivity index (χ0v) is 24.8. The second-order valence-corrected chi connectivity index (χ2v) is 11.5. The van der Waals surface area contributed by atoms with Crippen molar-refractivity contribution in [1.82, 2.24) is 0 Å². The molecule has 2 unspecified atom stereocenters. The van der Waals surface area contributed by atoms with E-state index in [4.69, 9.17) is 20.9 Å². The van der Waals surface area contributed by atoms with Crippen molar-refractivity contribution < 1.29 is 19.4 Å². The molecule has 5 N–H and O–H groups in total. The van der Waals surface area contributed by atoms with E-state index in [0.29, 0.717) is 37.7 Å². The number of phenols is 1. The first-order valence-corrected chi connectivity index (χ1v) is 15.0. The maximum Gasteiger partial charge on any atom is 0.185 e. The number of ketones is 1. The Balaban J connectivity index is 2.41. The molecule has 1 aliphatic carbocycles. The molecule has 1 aliphatic rings. The van der Waals surface area contributed by atoms with Crippen LogP contribution in [0.25, 0.3) is 0 Å². The maximum atomic E-state index is 12.5. The van der Waals surface area contributed by atoms with E-state index in [-0.39, 0.29) is 35.4 Å². The van der Waals surface area contributed by atoms with Crippen LogP contribution in [0.5, 0.6) is 11.5 Å². The zero-order chi connectivity index (χ0) is 28.6. The van der Waals surface area contributed by atoms with Crippen LogP contribution < -0.4 is 16.2 Å². The van der Waals surface area contributed by atoms with Gasteiger partial charge in [-0.25, -0.2) is 0 Å². The van der Waals surface area contributed by atoms with Crippen molar-refractivity contribution in [3.8, 4) is 11.5 Å². The molecule has 2 rings (SSSR count). The number of nitrogens with zero attached hydrogens (tertiary/aromatic N) is 1. The van der Waals surface area contributed by atoms with Crippen LogP contribution in [-0.4, -0.2) is 43.2 Å². The van der Waals surface area contributed by atoms with Gasteiger partial charge in [-0.2, -0.15) is 0 Å². The lowest BCUT2D eigenvalue weighted by atomic mass is 9.78. The highest BCUT2D eigenvalue weighted by molar-refractivity contribution is 5.89. The van der Waals surface area contributed by atoms with Gasteiger partial charge in [0.1, 0.15) is 0 Å². The van der Waals surface area contributed by atoms with Gasteiger partial charge in [0.2, 0.25) is 0 Å². The Kier molecular flexibility index (Phi) is 15.0. The number of aryl methyl sites for hydroxylation is 1. The van der Waals surface area contributed by atoms with Crippen molar-refractivity contribution in [3.63, 3.8) is 0 Å². The third-order valence-electron chi connectivity index (χ3n) is 7.61.